The van der Waals surface area contributed by atoms with Crippen LogP contribution in [0.1, 0.15) is 0 Å². The van der Waals surface area contributed by atoms with Crippen LogP contribution in [0.3, 0.4) is 0 Å². The first-order chi connectivity index (χ1) is 36.7. The van der Waals surface area contributed by atoms with E-state index in [1.165, 1.54) is 54.9 Å². The molecule has 0 aliphatic rings. The maximum absolute atomic E-state index is 5.33. The highest BCUT2D eigenvalue weighted by molar-refractivity contribution is 6.22. The van der Waals surface area contributed by atoms with Crippen molar-refractivity contribution in [3.05, 3.63) is 279 Å². The zero-order valence-corrected chi connectivity index (χ0v) is 40.3. The van der Waals surface area contributed by atoms with Crippen LogP contribution >= 0.6 is 0 Å². The highest BCUT2D eigenvalue weighted by Gasteiger charge is 2.22. The fraction of sp³-hybridized carbons (Fsp3) is 0. The van der Waals surface area contributed by atoms with E-state index in [0.717, 1.165) is 78.5 Å². The predicted octanol–water partition coefficient (Wildman–Crippen LogP) is 18.3. The zero-order chi connectivity index (χ0) is 49.0. The maximum Gasteiger partial charge on any atom is 0.145 e. The Labute approximate surface area is 429 Å². The van der Waals surface area contributed by atoms with E-state index in [4.69, 9.17) is 9.97 Å². The average molecular weight is 943 g/mol. The van der Waals surface area contributed by atoms with Crippen LogP contribution in [-0.2, 0) is 0 Å². The maximum atomic E-state index is 5.33. The van der Waals surface area contributed by atoms with Crippen molar-refractivity contribution in [2.45, 2.75) is 0 Å². The quantitative estimate of drug-likeness (QED) is 0.135. The number of aromatic nitrogens is 4. The molecule has 2 heterocycles. The van der Waals surface area contributed by atoms with Crippen molar-refractivity contribution in [2.24, 2.45) is 0 Å². The fourth-order valence-electron chi connectivity index (χ4n) is 11.0. The van der Waals surface area contributed by atoms with Gasteiger partial charge >= 0.3 is 0 Å². The summed E-state index contributed by atoms with van der Waals surface area (Å²) in [5.74, 6) is 1.82. The second kappa shape index (κ2) is 18.1. The lowest BCUT2D eigenvalue weighted by Gasteiger charge is -2.20. The summed E-state index contributed by atoms with van der Waals surface area (Å²) in [6, 6.07) is 100. The van der Waals surface area contributed by atoms with Crippen LogP contribution in [-0.4, -0.2) is 19.1 Å². The van der Waals surface area contributed by atoms with Crippen LogP contribution < -0.4 is 0 Å². The van der Waals surface area contributed by atoms with Gasteiger partial charge in [0.1, 0.15) is 11.6 Å². The lowest BCUT2D eigenvalue weighted by atomic mass is 9.84. The molecule has 0 atom stereocenters. The SMILES string of the molecule is c1ccc(-c2ccc3nc(-c4ccccc4)n(-c4ccc(-c5ccc6c(-c7ccccc7)c7cc(-n8c(-c9ccccc9)nc9ccc(-c%10ccccc%10)cc98)ccc7c(-c7ccccc7)c6c5)cc4)c3c2)cc1. The second-order valence-corrected chi connectivity index (χ2v) is 18.9. The fourth-order valence-corrected chi connectivity index (χ4v) is 11.0. The molecule has 12 aromatic carbocycles. The van der Waals surface area contributed by atoms with Crippen molar-refractivity contribution in [3.63, 3.8) is 0 Å². The molecular formula is C70H46N4. The standard InChI is InChI=1S/C70H46N4/c1-7-19-47(20-8-1)55-34-41-63-65(44-55)73(69(71-63)52-27-15-5-16-28-52)57-36-31-49(32-37-57)54-33-39-59-61(43-54)67(50-23-11-3-12-24-50)60-40-38-58(46-62(60)68(59)51-25-13-4-14-26-51)74-66-45-56(48-21-9-2-10-22-48)35-42-64(66)72-70(74)53-29-17-6-18-30-53/h1-46H. The van der Waals surface area contributed by atoms with Gasteiger partial charge in [0, 0.05) is 22.5 Å². The van der Waals surface area contributed by atoms with E-state index in [-0.39, 0.29) is 0 Å². The minimum Gasteiger partial charge on any atom is -0.292 e. The van der Waals surface area contributed by atoms with Gasteiger partial charge in [0.2, 0.25) is 0 Å². The van der Waals surface area contributed by atoms with Crippen molar-refractivity contribution in [3.8, 4) is 89.8 Å². The molecule has 0 aliphatic carbocycles. The highest BCUT2D eigenvalue weighted by atomic mass is 15.1. The van der Waals surface area contributed by atoms with E-state index in [9.17, 15) is 0 Å². The van der Waals surface area contributed by atoms with E-state index >= 15 is 0 Å². The third-order valence-electron chi connectivity index (χ3n) is 14.5. The van der Waals surface area contributed by atoms with Crippen molar-refractivity contribution < 1.29 is 0 Å². The first-order valence-electron chi connectivity index (χ1n) is 25.2. The largest absolute Gasteiger partial charge is 0.292 e. The molecule has 0 amide bonds. The Balaban J connectivity index is 0.964. The number of benzene rings is 12. The molecule has 4 heteroatoms. The lowest BCUT2D eigenvalue weighted by molar-refractivity contribution is 1.10. The first-order valence-corrected chi connectivity index (χ1v) is 25.2. The highest BCUT2D eigenvalue weighted by Crippen LogP contribution is 2.46. The molecule has 0 N–H and O–H groups in total. The minimum absolute atomic E-state index is 0.903. The second-order valence-electron chi connectivity index (χ2n) is 18.9. The number of fused-ring (bicyclic) bond motifs is 4. The van der Waals surface area contributed by atoms with E-state index in [2.05, 4.69) is 288 Å². The monoisotopic (exact) mass is 942 g/mol. The summed E-state index contributed by atoms with van der Waals surface area (Å²) in [5, 5.41) is 4.75. The van der Waals surface area contributed by atoms with Crippen LogP contribution in [0, 0.1) is 0 Å². The van der Waals surface area contributed by atoms with Crippen LogP contribution in [0.5, 0.6) is 0 Å². The van der Waals surface area contributed by atoms with Crippen molar-refractivity contribution in [1.82, 2.24) is 19.1 Å². The van der Waals surface area contributed by atoms with E-state index in [1.807, 2.05) is 0 Å². The van der Waals surface area contributed by atoms with E-state index in [1.54, 1.807) is 0 Å². The van der Waals surface area contributed by atoms with E-state index < -0.39 is 0 Å². The Morgan fingerprint density at radius 2 is 0.541 bits per heavy atom. The van der Waals surface area contributed by atoms with Gasteiger partial charge in [-0.15, -0.1) is 0 Å². The molecule has 2 aromatic heterocycles. The third kappa shape index (κ3) is 7.48. The summed E-state index contributed by atoms with van der Waals surface area (Å²) in [7, 11) is 0. The number of imidazole rings is 2. The van der Waals surface area contributed by atoms with Crippen LogP contribution in [0.15, 0.2) is 279 Å². The number of hydrogen-bond acceptors (Lipinski definition) is 2. The Morgan fingerprint density at radius 1 is 0.216 bits per heavy atom. The number of hydrogen-bond donors (Lipinski definition) is 0. The molecule has 0 bridgehead atoms. The molecular weight excluding hydrogens is 897 g/mol. The number of rotatable bonds is 9. The van der Waals surface area contributed by atoms with Crippen molar-refractivity contribution >= 4 is 43.6 Å². The first kappa shape index (κ1) is 42.9. The number of nitrogens with zero attached hydrogens (tertiary/aromatic N) is 4. The topological polar surface area (TPSA) is 35.6 Å². The molecule has 74 heavy (non-hydrogen) atoms. The molecule has 0 fully saturated rings. The van der Waals surface area contributed by atoms with Gasteiger partial charge in [-0.1, -0.05) is 224 Å². The predicted molar refractivity (Wildman–Crippen MR) is 309 cm³/mol. The molecule has 14 rings (SSSR count). The molecule has 0 aliphatic heterocycles. The van der Waals surface area contributed by atoms with Gasteiger partial charge in [-0.25, -0.2) is 9.97 Å². The third-order valence-corrected chi connectivity index (χ3v) is 14.5. The normalized spacial score (nSPS) is 11.5. The lowest BCUT2D eigenvalue weighted by Crippen LogP contribution is -1.99. The molecule has 0 spiro atoms. The van der Waals surface area contributed by atoms with E-state index in [0.29, 0.717) is 0 Å². The smallest absolute Gasteiger partial charge is 0.145 e. The molecule has 0 radical (unpaired) electrons. The summed E-state index contributed by atoms with van der Waals surface area (Å²) in [6.45, 7) is 0. The molecule has 0 saturated carbocycles. The van der Waals surface area contributed by atoms with Crippen LogP contribution in [0.2, 0.25) is 0 Å². The summed E-state index contributed by atoms with van der Waals surface area (Å²) < 4.78 is 4.65. The Kier molecular flexibility index (Phi) is 10.5. The van der Waals surface area contributed by atoms with Gasteiger partial charge in [-0.3, -0.25) is 9.13 Å². The summed E-state index contributed by atoms with van der Waals surface area (Å²) in [6.07, 6.45) is 0. The van der Waals surface area contributed by atoms with Crippen molar-refractivity contribution in [2.75, 3.05) is 0 Å². The Morgan fingerprint density at radius 3 is 1.00 bits per heavy atom. The van der Waals surface area contributed by atoms with Gasteiger partial charge in [0.15, 0.2) is 0 Å². The minimum atomic E-state index is 0.903. The zero-order valence-electron chi connectivity index (χ0n) is 40.3. The molecule has 4 nitrogen and oxygen atoms in total. The average Bonchev–Trinajstić information content (AvgIpc) is 4.07. The van der Waals surface area contributed by atoms with Crippen LogP contribution in [0.4, 0.5) is 0 Å². The molecule has 0 unspecified atom stereocenters. The summed E-state index contributed by atoms with van der Waals surface area (Å²) in [4.78, 5) is 10.6. The van der Waals surface area contributed by atoms with Gasteiger partial charge in [0.25, 0.3) is 0 Å². The van der Waals surface area contributed by atoms with Gasteiger partial charge in [-0.2, -0.15) is 0 Å². The van der Waals surface area contributed by atoms with Crippen molar-refractivity contribution in [1.29, 1.82) is 0 Å². The van der Waals surface area contributed by atoms with Gasteiger partial charge in [0.05, 0.1) is 22.1 Å². The van der Waals surface area contributed by atoms with Gasteiger partial charge in [-0.05, 0) is 132 Å². The molecule has 0 saturated heterocycles. The van der Waals surface area contributed by atoms with Crippen LogP contribution in [0.25, 0.3) is 133 Å². The molecule has 346 valence electrons. The summed E-state index contributed by atoms with van der Waals surface area (Å²) in [5.41, 5.74) is 19.9. The Hall–Kier alpha value is -9.90. The summed E-state index contributed by atoms with van der Waals surface area (Å²) >= 11 is 0. The molecule has 14 aromatic rings. The Bertz CT molecular complexity index is 4360. The van der Waals surface area contributed by atoms with Gasteiger partial charge < -0.3 is 0 Å².